The van der Waals surface area contributed by atoms with E-state index in [2.05, 4.69) is 5.32 Å². The fraction of sp³-hybridized carbons (Fsp3) is 0.500. The van der Waals surface area contributed by atoms with Crippen LogP contribution in [0.4, 0.5) is 0 Å². The minimum absolute atomic E-state index is 0. The van der Waals surface area contributed by atoms with Crippen molar-refractivity contribution in [1.29, 1.82) is 0 Å². The fourth-order valence-electron chi connectivity index (χ4n) is 1.72. The highest BCUT2D eigenvalue weighted by Crippen LogP contribution is 2.21. The molecule has 0 saturated heterocycles. The van der Waals surface area contributed by atoms with E-state index >= 15 is 0 Å². The Balaban J connectivity index is 0.00000324. The van der Waals surface area contributed by atoms with Gasteiger partial charge in [-0.05, 0) is 37.9 Å². The highest BCUT2D eigenvalue weighted by molar-refractivity contribution is 5.85. The van der Waals surface area contributed by atoms with Gasteiger partial charge in [-0.15, -0.1) is 12.4 Å². The number of amides is 1. The Morgan fingerprint density at radius 2 is 1.95 bits per heavy atom. The van der Waals surface area contributed by atoms with Crippen LogP contribution in [0, 0.1) is 13.8 Å². The van der Waals surface area contributed by atoms with Crippen molar-refractivity contribution in [3.05, 3.63) is 29.3 Å². The number of benzene rings is 1. The quantitative estimate of drug-likeness (QED) is 0.753. The number of carbonyl (C=O) groups is 1. The van der Waals surface area contributed by atoms with Gasteiger partial charge in [0.25, 0.3) is 0 Å². The molecular formula is C14H23ClN2O2. The maximum Gasteiger partial charge on any atom is 0.220 e. The number of hydrogen-bond donors (Lipinski definition) is 2. The molecule has 0 radical (unpaired) electrons. The number of rotatable bonds is 7. The molecule has 0 aliphatic heterocycles. The average molecular weight is 287 g/mol. The number of para-hydroxylation sites is 1. The molecule has 0 fully saturated rings. The van der Waals surface area contributed by atoms with E-state index in [0.29, 0.717) is 26.1 Å². The van der Waals surface area contributed by atoms with Crippen molar-refractivity contribution in [3.8, 4) is 5.75 Å². The molecule has 0 spiro atoms. The van der Waals surface area contributed by atoms with E-state index in [9.17, 15) is 4.79 Å². The van der Waals surface area contributed by atoms with Crippen molar-refractivity contribution in [1.82, 2.24) is 5.32 Å². The Kier molecular flexibility index (Phi) is 9.00. The lowest BCUT2D eigenvalue weighted by Crippen LogP contribution is -2.28. The number of hydrogen-bond acceptors (Lipinski definition) is 3. The standard InChI is InChI=1S/C14H22N2O2.ClH/c1-11-5-3-6-12(2)14(11)18-10-9-16-13(17)7-4-8-15;/h3,5-6H,4,7-10,15H2,1-2H3,(H,16,17);1H. The number of halogens is 1. The van der Waals surface area contributed by atoms with Crippen molar-refractivity contribution in [3.63, 3.8) is 0 Å². The molecule has 4 nitrogen and oxygen atoms in total. The van der Waals surface area contributed by atoms with Crippen LogP contribution in [-0.2, 0) is 4.79 Å². The normalized spacial score (nSPS) is 9.63. The maximum atomic E-state index is 11.3. The summed E-state index contributed by atoms with van der Waals surface area (Å²) >= 11 is 0. The Morgan fingerprint density at radius 3 is 2.53 bits per heavy atom. The first-order valence-corrected chi connectivity index (χ1v) is 6.31. The van der Waals surface area contributed by atoms with Crippen LogP contribution in [0.5, 0.6) is 5.75 Å². The number of ether oxygens (including phenoxy) is 1. The summed E-state index contributed by atoms with van der Waals surface area (Å²) in [5.74, 6) is 0.944. The van der Waals surface area contributed by atoms with Crippen LogP contribution in [0.15, 0.2) is 18.2 Å². The fourth-order valence-corrected chi connectivity index (χ4v) is 1.72. The summed E-state index contributed by atoms with van der Waals surface area (Å²) in [4.78, 5) is 11.3. The zero-order valence-corrected chi connectivity index (χ0v) is 12.4. The first kappa shape index (κ1) is 17.7. The minimum Gasteiger partial charge on any atom is -0.491 e. The summed E-state index contributed by atoms with van der Waals surface area (Å²) in [6.45, 7) is 5.59. The van der Waals surface area contributed by atoms with Crippen molar-refractivity contribution in [2.45, 2.75) is 26.7 Å². The molecule has 5 heteroatoms. The SMILES string of the molecule is Cc1cccc(C)c1OCCNC(=O)CCCN.Cl. The molecule has 3 N–H and O–H groups in total. The van der Waals surface area contributed by atoms with Crippen LogP contribution in [0.1, 0.15) is 24.0 Å². The van der Waals surface area contributed by atoms with Crippen LogP contribution in [-0.4, -0.2) is 25.6 Å². The third-order valence-electron chi connectivity index (χ3n) is 2.69. The van der Waals surface area contributed by atoms with Crippen LogP contribution >= 0.6 is 12.4 Å². The van der Waals surface area contributed by atoms with Gasteiger partial charge in [0.05, 0.1) is 6.54 Å². The molecule has 108 valence electrons. The molecule has 0 aromatic heterocycles. The third kappa shape index (κ3) is 6.45. The first-order chi connectivity index (χ1) is 8.65. The van der Waals surface area contributed by atoms with E-state index in [1.807, 2.05) is 32.0 Å². The van der Waals surface area contributed by atoms with E-state index in [1.165, 1.54) is 0 Å². The molecule has 1 aromatic carbocycles. The number of aryl methyl sites for hydroxylation is 2. The van der Waals surface area contributed by atoms with Crippen molar-refractivity contribution in [2.24, 2.45) is 5.73 Å². The summed E-state index contributed by atoms with van der Waals surface area (Å²) in [7, 11) is 0. The second kappa shape index (κ2) is 9.64. The first-order valence-electron chi connectivity index (χ1n) is 6.31. The number of carbonyl (C=O) groups excluding carboxylic acids is 1. The van der Waals surface area contributed by atoms with Gasteiger partial charge >= 0.3 is 0 Å². The number of nitrogens with one attached hydrogen (secondary N) is 1. The molecule has 1 aromatic rings. The van der Waals surface area contributed by atoms with Crippen LogP contribution in [0.3, 0.4) is 0 Å². The predicted molar refractivity (Wildman–Crippen MR) is 80.0 cm³/mol. The van der Waals surface area contributed by atoms with Crippen LogP contribution in [0.2, 0.25) is 0 Å². The second-order valence-corrected chi connectivity index (χ2v) is 4.31. The Hall–Kier alpha value is -1.26. The summed E-state index contributed by atoms with van der Waals surface area (Å²) in [5.41, 5.74) is 7.57. The topological polar surface area (TPSA) is 64.3 Å². The molecule has 0 atom stereocenters. The van der Waals surface area contributed by atoms with E-state index in [4.69, 9.17) is 10.5 Å². The third-order valence-corrected chi connectivity index (χ3v) is 2.69. The van der Waals surface area contributed by atoms with E-state index in [-0.39, 0.29) is 18.3 Å². The van der Waals surface area contributed by atoms with E-state index < -0.39 is 0 Å². The average Bonchev–Trinajstić information content (AvgIpc) is 2.35. The van der Waals surface area contributed by atoms with Gasteiger partial charge in [0.15, 0.2) is 0 Å². The van der Waals surface area contributed by atoms with Crippen molar-refractivity contribution in [2.75, 3.05) is 19.7 Å². The van der Waals surface area contributed by atoms with Gasteiger partial charge in [0, 0.05) is 6.42 Å². The number of nitrogens with two attached hydrogens (primary N) is 1. The molecule has 0 aliphatic carbocycles. The van der Waals surface area contributed by atoms with Gasteiger partial charge in [-0.1, -0.05) is 18.2 Å². The Bertz CT molecular complexity index is 377. The highest BCUT2D eigenvalue weighted by Gasteiger charge is 2.03. The van der Waals surface area contributed by atoms with Gasteiger partial charge in [0.2, 0.25) is 5.91 Å². The summed E-state index contributed by atoms with van der Waals surface area (Å²) in [5, 5.41) is 2.81. The van der Waals surface area contributed by atoms with Gasteiger partial charge in [-0.3, -0.25) is 4.79 Å². The second-order valence-electron chi connectivity index (χ2n) is 4.31. The summed E-state index contributed by atoms with van der Waals surface area (Å²) in [6, 6.07) is 6.04. The van der Waals surface area contributed by atoms with Crippen LogP contribution < -0.4 is 15.8 Å². The molecule has 0 bridgehead atoms. The lowest BCUT2D eigenvalue weighted by molar-refractivity contribution is -0.121. The molecular weight excluding hydrogens is 264 g/mol. The van der Waals surface area contributed by atoms with Crippen molar-refractivity contribution >= 4 is 18.3 Å². The minimum atomic E-state index is 0. The molecule has 0 heterocycles. The molecule has 0 saturated carbocycles. The smallest absolute Gasteiger partial charge is 0.220 e. The van der Waals surface area contributed by atoms with E-state index in [0.717, 1.165) is 23.3 Å². The lowest BCUT2D eigenvalue weighted by atomic mass is 10.1. The Labute approximate surface area is 121 Å². The largest absolute Gasteiger partial charge is 0.491 e. The van der Waals surface area contributed by atoms with Gasteiger partial charge in [-0.25, -0.2) is 0 Å². The predicted octanol–water partition coefficient (Wildman–Crippen LogP) is 1.96. The van der Waals surface area contributed by atoms with Gasteiger partial charge < -0.3 is 15.8 Å². The maximum absolute atomic E-state index is 11.3. The van der Waals surface area contributed by atoms with Gasteiger partial charge in [-0.2, -0.15) is 0 Å². The summed E-state index contributed by atoms with van der Waals surface area (Å²) in [6.07, 6.45) is 1.21. The van der Waals surface area contributed by atoms with Gasteiger partial charge in [0.1, 0.15) is 12.4 Å². The monoisotopic (exact) mass is 286 g/mol. The highest BCUT2D eigenvalue weighted by atomic mass is 35.5. The lowest BCUT2D eigenvalue weighted by Gasteiger charge is -2.12. The zero-order chi connectivity index (χ0) is 13.4. The van der Waals surface area contributed by atoms with E-state index in [1.54, 1.807) is 0 Å². The Morgan fingerprint density at radius 1 is 1.32 bits per heavy atom. The summed E-state index contributed by atoms with van der Waals surface area (Å²) < 4.78 is 5.68. The van der Waals surface area contributed by atoms with Crippen molar-refractivity contribution < 1.29 is 9.53 Å². The van der Waals surface area contributed by atoms with Crippen LogP contribution in [0.25, 0.3) is 0 Å². The molecule has 0 aliphatic rings. The zero-order valence-electron chi connectivity index (χ0n) is 11.6. The molecule has 1 amide bonds. The molecule has 19 heavy (non-hydrogen) atoms. The molecule has 0 unspecified atom stereocenters. The molecule has 1 rings (SSSR count).